The fourth-order valence-electron chi connectivity index (χ4n) is 2.07. The van der Waals surface area contributed by atoms with Gasteiger partial charge < -0.3 is 5.11 Å². The average molecular weight is 181 g/mol. The first-order valence-corrected chi connectivity index (χ1v) is 4.86. The van der Waals surface area contributed by atoms with Gasteiger partial charge in [-0.15, -0.1) is 0 Å². The minimum Gasteiger partial charge on any atom is -0.375 e. The zero-order valence-corrected chi connectivity index (χ0v) is 9.02. The molecule has 1 aliphatic rings. The minimum absolute atomic E-state index is 0.0972. The minimum atomic E-state index is -1.14. The van der Waals surface area contributed by atoms with Gasteiger partial charge in [-0.1, -0.05) is 27.7 Å². The number of hydrogen-bond acceptors (Lipinski definition) is 2. The number of hydrogen-bond donors (Lipinski definition) is 1. The predicted molar refractivity (Wildman–Crippen MR) is 52.0 cm³/mol. The molecule has 0 saturated heterocycles. The van der Waals surface area contributed by atoms with Crippen LogP contribution in [0.2, 0.25) is 0 Å². The highest BCUT2D eigenvalue weighted by Crippen LogP contribution is 2.50. The zero-order chi connectivity index (χ0) is 10.3. The lowest BCUT2D eigenvalue weighted by molar-refractivity contribution is -0.0879. The van der Waals surface area contributed by atoms with Crippen LogP contribution in [0, 0.1) is 22.2 Å². The number of rotatable bonds is 0. The Morgan fingerprint density at radius 2 is 1.69 bits per heavy atom. The van der Waals surface area contributed by atoms with Crippen LogP contribution < -0.4 is 0 Å². The Balaban J connectivity index is 2.97. The first kappa shape index (κ1) is 10.5. The van der Waals surface area contributed by atoms with Gasteiger partial charge in [-0.25, -0.2) is 0 Å². The predicted octanol–water partition coefficient (Wildman–Crippen LogP) is 2.48. The standard InChI is InChI=1S/C11H19NO/c1-9(2)5-6-10(3,4)11(13,7-9)8-12/h13H,5-7H2,1-4H3/t11-/m1/s1. The second kappa shape index (κ2) is 2.72. The number of nitriles is 1. The van der Waals surface area contributed by atoms with Crippen molar-refractivity contribution in [3.8, 4) is 6.07 Å². The van der Waals surface area contributed by atoms with Crippen LogP contribution in [0.4, 0.5) is 0 Å². The van der Waals surface area contributed by atoms with Crippen LogP contribution in [0.5, 0.6) is 0 Å². The van der Waals surface area contributed by atoms with Crippen molar-refractivity contribution in [2.24, 2.45) is 10.8 Å². The Morgan fingerprint density at radius 1 is 1.15 bits per heavy atom. The van der Waals surface area contributed by atoms with E-state index in [2.05, 4.69) is 19.9 Å². The molecule has 1 aliphatic carbocycles. The van der Waals surface area contributed by atoms with Gasteiger partial charge in [-0.2, -0.15) is 5.26 Å². The molecule has 0 aromatic carbocycles. The maximum Gasteiger partial charge on any atom is 0.156 e. The molecule has 0 unspecified atom stereocenters. The molecule has 2 heteroatoms. The van der Waals surface area contributed by atoms with Crippen molar-refractivity contribution in [3.05, 3.63) is 0 Å². The molecule has 0 spiro atoms. The van der Waals surface area contributed by atoms with Gasteiger partial charge in [0.1, 0.15) is 0 Å². The van der Waals surface area contributed by atoms with Gasteiger partial charge in [0.05, 0.1) is 6.07 Å². The monoisotopic (exact) mass is 181 g/mol. The molecule has 1 atom stereocenters. The molecule has 1 fully saturated rings. The van der Waals surface area contributed by atoms with Gasteiger partial charge >= 0.3 is 0 Å². The smallest absolute Gasteiger partial charge is 0.156 e. The van der Waals surface area contributed by atoms with E-state index in [0.717, 1.165) is 12.8 Å². The Labute approximate surface area is 80.6 Å². The molecule has 0 bridgehead atoms. The molecule has 0 amide bonds. The molecule has 0 heterocycles. The first-order valence-electron chi connectivity index (χ1n) is 4.86. The molecule has 0 aliphatic heterocycles. The highest BCUT2D eigenvalue weighted by molar-refractivity contribution is 5.13. The molecule has 0 aromatic heterocycles. The van der Waals surface area contributed by atoms with E-state index in [0.29, 0.717) is 6.42 Å². The summed E-state index contributed by atoms with van der Waals surface area (Å²) in [6, 6.07) is 2.08. The van der Waals surface area contributed by atoms with Crippen LogP contribution in [0.15, 0.2) is 0 Å². The lowest BCUT2D eigenvalue weighted by atomic mass is 9.58. The van der Waals surface area contributed by atoms with Gasteiger partial charge in [0.2, 0.25) is 0 Å². The van der Waals surface area contributed by atoms with E-state index in [1.165, 1.54) is 0 Å². The summed E-state index contributed by atoms with van der Waals surface area (Å²) in [5, 5.41) is 19.2. The molecule has 0 radical (unpaired) electrons. The molecule has 1 N–H and O–H groups in total. The summed E-state index contributed by atoms with van der Waals surface area (Å²) in [6.07, 6.45) is 2.59. The van der Waals surface area contributed by atoms with Gasteiger partial charge in [-0.3, -0.25) is 0 Å². The van der Waals surface area contributed by atoms with Gasteiger partial charge in [0, 0.05) is 5.41 Å². The average Bonchev–Trinajstić information content (AvgIpc) is 1.98. The molecule has 2 nitrogen and oxygen atoms in total. The Morgan fingerprint density at radius 3 is 2.08 bits per heavy atom. The van der Waals surface area contributed by atoms with Crippen molar-refractivity contribution in [1.29, 1.82) is 5.26 Å². The van der Waals surface area contributed by atoms with E-state index in [1.807, 2.05) is 13.8 Å². The zero-order valence-electron chi connectivity index (χ0n) is 9.02. The molecule has 13 heavy (non-hydrogen) atoms. The van der Waals surface area contributed by atoms with Crippen molar-refractivity contribution >= 4 is 0 Å². The van der Waals surface area contributed by atoms with E-state index in [1.54, 1.807) is 0 Å². The molecular formula is C11H19NO. The van der Waals surface area contributed by atoms with Crippen molar-refractivity contribution < 1.29 is 5.11 Å². The van der Waals surface area contributed by atoms with Crippen LogP contribution >= 0.6 is 0 Å². The molecule has 74 valence electrons. The fraction of sp³-hybridized carbons (Fsp3) is 0.909. The van der Waals surface area contributed by atoms with E-state index in [9.17, 15) is 5.11 Å². The number of nitrogens with zero attached hydrogens (tertiary/aromatic N) is 1. The van der Waals surface area contributed by atoms with Crippen LogP contribution in [-0.2, 0) is 0 Å². The molecular weight excluding hydrogens is 162 g/mol. The summed E-state index contributed by atoms with van der Waals surface area (Å²) in [5.41, 5.74) is -1.31. The van der Waals surface area contributed by atoms with Crippen LogP contribution in [0.1, 0.15) is 47.0 Å². The summed E-state index contributed by atoms with van der Waals surface area (Å²) in [7, 11) is 0. The maximum absolute atomic E-state index is 10.2. The van der Waals surface area contributed by atoms with Gasteiger partial charge in [-0.05, 0) is 24.7 Å². The molecule has 0 aromatic rings. The third kappa shape index (κ3) is 1.71. The van der Waals surface area contributed by atoms with Crippen molar-refractivity contribution in [2.75, 3.05) is 0 Å². The SMILES string of the molecule is CC1(C)CCC(C)(C)[C@](O)(C#N)C1. The molecule has 1 saturated carbocycles. The normalized spacial score (nSPS) is 36.6. The van der Waals surface area contributed by atoms with E-state index < -0.39 is 5.60 Å². The molecule has 1 rings (SSSR count). The first-order chi connectivity index (χ1) is 5.72. The topological polar surface area (TPSA) is 44.0 Å². The fourth-order valence-corrected chi connectivity index (χ4v) is 2.07. The van der Waals surface area contributed by atoms with E-state index >= 15 is 0 Å². The van der Waals surface area contributed by atoms with Crippen LogP contribution in [0.25, 0.3) is 0 Å². The maximum atomic E-state index is 10.2. The van der Waals surface area contributed by atoms with E-state index in [-0.39, 0.29) is 10.8 Å². The summed E-state index contributed by atoms with van der Waals surface area (Å²) >= 11 is 0. The quantitative estimate of drug-likeness (QED) is 0.583. The van der Waals surface area contributed by atoms with Crippen molar-refractivity contribution in [2.45, 2.75) is 52.6 Å². The van der Waals surface area contributed by atoms with Crippen LogP contribution in [0.3, 0.4) is 0 Å². The second-order valence-electron chi connectivity index (χ2n) is 5.70. The third-order valence-corrected chi connectivity index (χ3v) is 3.47. The second-order valence-corrected chi connectivity index (χ2v) is 5.70. The van der Waals surface area contributed by atoms with Crippen molar-refractivity contribution in [1.82, 2.24) is 0 Å². The Kier molecular flexibility index (Phi) is 2.20. The summed E-state index contributed by atoms with van der Waals surface area (Å²) in [5.74, 6) is 0. The summed E-state index contributed by atoms with van der Waals surface area (Å²) in [6.45, 7) is 8.19. The van der Waals surface area contributed by atoms with Gasteiger partial charge in [0.15, 0.2) is 5.60 Å². The van der Waals surface area contributed by atoms with Crippen LogP contribution in [-0.4, -0.2) is 10.7 Å². The number of aliphatic hydroxyl groups is 1. The highest BCUT2D eigenvalue weighted by atomic mass is 16.3. The Bertz CT molecular complexity index is 249. The largest absolute Gasteiger partial charge is 0.375 e. The third-order valence-electron chi connectivity index (χ3n) is 3.47. The Hall–Kier alpha value is -0.550. The van der Waals surface area contributed by atoms with Crippen molar-refractivity contribution in [3.63, 3.8) is 0 Å². The van der Waals surface area contributed by atoms with E-state index in [4.69, 9.17) is 5.26 Å². The summed E-state index contributed by atoms with van der Waals surface area (Å²) in [4.78, 5) is 0. The lowest BCUT2D eigenvalue weighted by Crippen LogP contribution is -2.50. The van der Waals surface area contributed by atoms with Gasteiger partial charge in [0.25, 0.3) is 0 Å². The lowest BCUT2D eigenvalue weighted by Gasteiger charge is -2.48. The summed E-state index contributed by atoms with van der Waals surface area (Å²) < 4.78 is 0. The highest BCUT2D eigenvalue weighted by Gasteiger charge is 2.50.